The van der Waals surface area contributed by atoms with Crippen molar-refractivity contribution in [2.24, 2.45) is 0 Å². The van der Waals surface area contributed by atoms with Crippen molar-refractivity contribution >= 4 is 29.3 Å². The second-order valence-corrected chi connectivity index (χ2v) is 5.86. The van der Waals surface area contributed by atoms with E-state index in [1.807, 2.05) is 18.2 Å². The van der Waals surface area contributed by atoms with E-state index in [4.69, 9.17) is 16.3 Å². The zero-order chi connectivity index (χ0) is 18.4. The van der Waals surface area contributed by atoms with Crippen molar-refractivity contribution in [2.45, 2.75) is 6.54 Å². The second-order valence-electron chi connectivity index (χ2n) is 5.46. The molecule has 0 aliphatic rings. The number of halogens is 1. The van der Waals surface area contributed by atoms with Crippen LogP contribution in [0.3, 0.4) is 0 Å². The molecule has 0 spiro atoms. The summed E-state index contributed by atoms with van der Waals surface area (Å²) in [6.07, 6.45) is 1.57. The first kappa shape index (κ1) is 17.7. The van der Waals surface area contributed by atoms with Gasteiger partial charge >= 0.3 is 5.97 Å². The number of anilines is 1. The third kappa shape index (κ3) is 4.49. The molecule has 6 nitrogen and oxygen atoms in total. The van der Waals surface area contributed by atoms with E-state index in [-0.39, 0.29) is 6.61 Å². The molecule has 132 valence electrons. The summed E-state index contributed by atoms with van der Waals surface area (Å²) in [5.74, 6) is -0.508. The molecule has 0 atom stereocenters. The van der Waals surface area contributed by atoms with E-state index in [1.165, 1.54) is 0 Å². The largest absolute Gasteiger partial charge is 0.452 e. The number of amides is 1. The number of esters is 1. The minimum Gasteiger partial charge on any atom is -0.452 e. The standard InChI is InChI=1S/C19H16ClN3O3/c20-16-9-5-4-8-15(16)12-23-17(10-11-21-23)22-18(24)13-26-19(25)14-6-2-1-3-7-14/h1-11H,12-13H2,(H,22,24). The summed E-state index contributed by atoms with van der Waals surface area (Å²) in [5.41, 5.74) is 1.27. The van der Waals surface area contributed by atoms with Crippen molar-refractivity contribution in [3.05, 3.63) is 83.0 Å². The molecule has 26 heavy (non-hydrogen) atoms. The molecule has 0 saturated carbocycles. The lowest BCUT2D eigenvalue weighted by Crippen LogP contribution is -2.22. The Morgan fingerprint density at radius 2 is 1.77 bits per heavy atom. The van der Waals surface area contributed by atoms with Crippen LogP contribution < -0.4 is 5.32 Å². The van der Waals surface area contributed by atoms with Crippen LogP contribution >= 0.6 is 11.6 Å². The Hall–Kier alpha value is -3.12. The minimum atomic E-state index is -0.551. The number of nitrogens with zero attached hydrogens (tertiary/aromatic N) is 2. The first-order valence-electron chi connectivity index (χ1n) is 7.91. The van der Waals surface area contributed by atoms with E-state index in [1.54, 1.807) is 53.3 Å². The summed E-state index contributed by atoms with van der Waals surface area (Å²) in [6.45, 7) is 0.0249. The van der Waals surface area contributed by atoms with Crippen LogP contribution in [0.4, 0.5) is 5.82 Å². The highest BCUT2D eigenvalue weighted by atomic mass is 35.5. The quantitative estimate of drug-likeness (QED) is 0.676. The normalized spacial score (nSPS) is 10.3. The van der Waals surface area contributed by atoms with Crippen molar-refractivity contribution in [3.8, 4) is 0 Å². The van der Waals surface area contributed by atoms with Crippen LogP contribution in [-0.2, 0) is 16.1 Å². The molecular weight excluding hydrogens is 354 g/mol. The van der Waals surface area contributed by atoms with E-state index >= 15 is 0 Å². The van der Waals surface area contributed by atoms with Crippen molar-refractivity contribution in [2.75, 3.05) is 11.9 Å². The minimum absolute atomic E-state index is 0.384. The molecule has 0 bridgehead atoms. The average molecular weight is 370 g/mol. The van der Waals surface area contributed by atoms with Crippen molar-refractivity contribution in [3.63, 3.8) is 0 Å². The molecule has 0 radical (unpaired) electrons. The predicted octanol–water partition coefficient (Wildman–Crippen LogP) is 3.38. The predicted molar refractivity (Wildman–Crippen MR) is 98.1 cm³/mol. The maximum atomic E-state index is 12.1. The summed E-state index contributed by atoms with van der Waals surface area (Å²) < 4.78 is 6.62. The average Bonchev–Trinajstić information content (AvgIpc) is 3.09. The van der Waals surface area contributed by atoms with Gasteiger partial charge in [-0.1, -0.05) is 48.0 Å². The maximum absolute atomic E-state index is 12.1. The molecule has 2 aromatic carbocycles. The molecule has 3 rings (SSSR count). The zero-order valence-corrected chi connectivity index (χ0v) is 14.5. The van der Waals surface area contributed by atoms with Gasteiger partial charge in [0.1, 0.15) is 5.82 Å². The number of aromatic nitrogens is 2. The number of hydrogen-bond donors (Lipinski definition) is 1. The Labute approximate surface area is 155 Å². The molecular formula is C19H16ClN3O3. The Morgan fingerprint density at radius 1 is 1.04 bits per heavy atom. The van der Waals surface area contributed by atoms with Crippen LogP contribution in [0.15, 0.2) is 66.9 Å². The molecule has 1 aromatic heterocycles. The van der Waals surface area contributed by atoms with Crippen LogP contribution in [0.1, 0.15) is 15.9 Å². The fourth-order valence-corrected chi connectivity index (χ4v) is 2.52. The van der Waals surface area contributed by atoms with E-state index in [2.05, 4.69) is 10.4 Å². The van der Waals surface area contributed by atoms with Gasteiger partial charge in [-0.2, -0.15) is 5.10 Å². The lowest BCUT2D eigenvalue weighted by Gasteiger charge is -2.10. The van der Waals surface area contributed by atoms with Crippen LogP contribution in [-0.4, -0.2) is 28.3 Å². The van der Waals surface area contributed by atoms with Gasteiger partial charge in [-0.3, -0.25) is 4.79 Å². The second kappa shape index (κ2) is 8.31. The molecule has 1 heterocycles. The van der Waals surface area contributed by atoms with Gasteiger partial charge in [-0.05, 0) is 23.8 Å². The van der Waals surface area contributed by atoms with E-state index in [9.17, 15) is 9.59 Å². The summed E-state index contributed by atoms with van der Waals surface area (Å²) >= 11 is 6.16. The molecule has 0 aliphatic carbocycles. The van der Waals surface area contributed by atoms with E-state index < -0.39 is 11.9 Å². The van der Waals surface area contributed by atoms with E-state index in [0.29, 0.717) is 22.9 Å². The first-order chi connectivity index (χ1) is 12.6. The smallest absolute Gasteiger partial charge is 0.338 e. The van der Waals surface area contributed by atoms with Crippen LogP contribution in [0, 0.1) is 0 Å². The Kier molecular flexibility index (Phi) is 5.66. The van der Waals surface area contributed by atoms with Gasteiger partial charge in [0.25, 0.3) is 5.91 Å². The molecule has 1 amide bonds. The Balaban J connectivity index is 1.58. The number of ether oxygens (including phenoxy) is 1. The Morgan fingerprint density at radius 3 is 2.54 bits per heavy atom. The number of benzene rings is 2. The SMILES string of the molecule is O=C(COC(=O)c1ccccc1)Nc1ccnn1Cc1ccccc1Cl. The fourth-order valence-electron chi connectivity index (χ4n) is 2.32. The summed E-state index contributed by atoms with van der Waals surface area (Å²) in [5, 5.41) is 7.48. The van der Waals surface area contributed by atoms with E-state index in [0.717, 1.165) is 5.56 Å². The lowest BCUT2D eigenvalue weighted by atomic mass is 10.2. The van der Waals surface area contributed by atoms with Crippen molar-refractivity contribution < 1.29 is 14.3 Å². The monoisotopic (exact) mass is 369 g/mol. The number of hydrogen-bond acceptors (Lipinski definition) is 4. The van der Waals surface area contributed by atoms with Gasteiger partial charge in [0.2, 0.25) is 0 Å². The molecule has 0 unspecified atom stereocenters. The summed E-state index contributed by atoms with van der Waals surface area (Å²) in [6, 6.07) is 17.6. The number of nitrogens with one attached hydrogen (secondary N) is 1. The number of carbonyl (C=O) groups is 2. The van der Waals surface area contributed by atoms with Gasteiger partial charge in [0.15, 0.2) is 6.61 Å². The first-order valence-corrected chi connectivity index (χ1v) is 8.28. The molecule has 0 fully saturated rings. The molecule has 0 aliphatic heterocycles. The number of rotatable bonds is 6. The molecule has 0 saturated heterocycles. The van der Waals surface area contributed by atoms with Crippen molar-refractivity contribution in [1.29, 1.82) is 0 Å². The topological polar surface area (TPSA) is 73.2 Å². The Bertz CT molecular complexity index is 909. The van der Waals surface area contributed by atoms with Crippen LogP contribution in [0.25, 0.3) is 0 Å². The highest BCUT2D eigenvalue weighted by Gasteiger charge is 2.12. The van der Waals surface area contributed by atoms with Gasteiger partial charge in [-0.25, -0.2) is 9.48 Å². The van der Waals surface area contributed by atoms with Gasteiger partial charge < -0.3 is 10.1 Å². The summed E-state index contributed by atoms with van der Waals surface area (Å²) in [4.78, 5) is 23.9. The molecule has 3 aromatic rings. The third-order valence-corrected chi connectivity index (χ3v) is 3.97. The lowest BCUT2D eigenvalue weighted by molar-refractivity contribution is -0.119. The molecule has 7 heteroatoms. The van der Waals surface area contributed by atoms with Crippen LogP contribution in [0.5, 0.6) is 0 Å². The van der Waals surface area contributed by atoms with Gasteiger partial charge in [-0.15, -0.1) is 0 Å². The maximum Gasteiger partial charge on any atom is 0.338 e. The van der Waals surface area contributed by atoms with Gasteiger partial charge in [0.05, 0.1) is 18.3 Å². The summed E-state index contributed by atoms with van der Waals surface area (Å²) in [7, 11) is 0. The highest BCUT2D eigenvalue weighted by Crippen LogP contribution is 2.18. The van der Waals surface area contributed by atoms with Crippen molar-refractivity contribution in [1.82, 2.24) is 9.78 Å². The zero-order valence-electron chi connectivity index (χ0n) is 13.8. The highest BCUT2D eigenvalue weighted by molar-refractivity contribution is 6.31. The third-order valence-electron chi connectivity index (χ3n) is 3.61. The van der Waals surface area contributed by atoms with Crippen LogP contribution in [0.2, 0.25) is 5.02 Å². The number of carbonyl (C=O) groups excluding carboxylic acids is 2. The molecule has 1 N–H and O–H groups in total. The van der Waals surface area contributed by atoms with Gasteiger partial charge in [0, 0.05) is 11.1 Å². The fraction of sp³-hybridized carbons (Fsp3) is 0.105.